The number of likely N-dealkylation sites (tertiary alicyclic amines) is 1. The van der Waals surface area contributed by atoms with Gasteiger partial charge in [-0.2, -0.15) is 0 Å². The molecular weight excluding hydrogens is 328 g/mol. The number of carbonyl (C=O) groups excluding carboxylic acids is 1. The van der Waals surface area contributed by atoms with Crippen LogP contribution in [0.5, 0.6) is 0 Å². The second-order valence-electron chi connectivity index (χ2n) is 5.70. The maximum absolute atomic E-state index is 13.8. The van der Waals surface area contributed by atoms with Gasteiger partial charge in [0.05, 0.1) is 0 Å². The Morgan fingerprint density at radius 2 is 1.80 bits per heavy atom. The summed E-state index contributed by atoms with van der Waals surface area (Å²) in [5, 5.41) is 0. The lowest BCUT2D eigenvalue weighted by Gasteiger charge is -2.39. The summed E-state index contributed by atoms with van der Waals surface area (Å²) < 4.78 is 27.9. The SMILES string of the molecule is CCC1(C)CCN(C(=O)c2c(F)cc(Br)cc2F)CC1. The van der Waals surface area contributed by atoms with Crippen molar-refractivity contribution < 1.29 is 13.6 Å². The fourth-order valence-corrected chi connectivity index (χ4v) is 2.91. The molecule has 1 heterocycles. The first-order valence-electron chi connectivity index (χ1n) is 6.80. The molecule has 1 aliphatic rings. The van der Waals surface area contributed by atoms with Crippen LogP contribution in [-0.4, -0.2) is 23.9 Å². The molecule has 0 aromatic heterocycles. The van der Waals surface area contributed by atoms with Crippen molar-refractivity contribution in [3.05, 3.63) is 33.8 Å². The molecule has 1 aromatic carbocycles. The van der Waals surface area contributed by atoms with Crippen LogP contribution in [0.3, 0.4) is 0 Å². The Morgan fingerprint density at radius 1 is 1.30 bits per heavy atom. The van der Waals surface area contributed by atoms with Gasteiger partial charge in [0.1, 0.15) is 17.2 Å². The van der Waals surface area contributed by atoms with Crippen LogP contribution in [0.1, 0.15) is 43.5 Å². The summed E-state index contributed by atoms with van der Waals surface area (Å²) in [6, 6.07) is 2.24. The zero-order valence-corrected chi connectivity index (χ0v) is 13.3. The van der Waals surface area contributed by atoms with Gasteiger partial charge in [-0.3, -0.25) is 4.79 Å². The number of rotatable bonds is 2. The molecule has 0 bridgehead atoms. The number of halogens is 3. The minimum atomic E-state index is -0.814. The first-order chi connectivity index (χ1) is 9.36. The van der Waals surface area contributed by atoms with E-state index in [-0.39, 0.29) is 5.41 Å². The highest BCUT2D eigenvalue weighted by Crippen LogP contribution is 2.34. The normalized spacial score (nSPS) is 18.1. The Bertz CT molecular complexity index is 502. The van der Waals surface area contributed by atoms with Gasteiger partial charge in [0.2, 0.25) is 0 Å². The quantitative estimate of drug-likeness (QED) is 0.778. The van der Waals surface area contributed by atoms with Crippen LogP contribution in [0.25, 0.3) is 0 Å². The van der Waals surface area contributed by atoms with Gasteiger partial charge in [-0.15, -0.1) is 0 Å². The maximum atomic E-state index is 13.8. The molecule has 0 saturated carbocycles. The Morgan fingerprint density at radius 3 is 2.25 bits per heavy atom. The van der Waals surface area contributed by atoms with E-state index < -0.39 is 23.1 Å². The number of amides is 1. The van der Waals surface area contributed by atoms with E-state index in [1.54, 1.807) is 4.90 Å². The lowest BCUT2D eigenvalue weighted by atomic mass is 9.78. The molecule has 1 fully saturated rings. The molecule has 0 unspecified atom stereocenters. The minimum Gasteiger partial charge on any atom is -0.338 e. The zero-order chi connectivity index (χ0) is 14.9. The number of nitrogens with zero attached hydrogens (tertiary/aromatic N) is 1. The van der Waals surface area contributed by atoms with Crippen molar-refractivity contribution in [3.8, 4) is 0 Å². The van der Waals surface area contributed by atoms with Crippen LogP contribution in [-0.2, 0) is 0 Å². The van der Waals surface area contributed by atoms with Crippen LogP contribution in [0.4, 0.5) is 8.78 Å². The number of piperidine rings is 1. The van der Waals surface area contributed by atoms with Gasteiger partial charge in [0.25, 0.3) is 5.91 Å². The zero-order valence-electron chi connectivity index (χ0n) is 11.7. The van der Waals surface area contributed by atoms with Gasteiger partial charge in [-0.25, -0.2) is 8.78 Å². The molecule has 0 atom stereocenters. The van der Waals surface area contributed by atoms with Gasteiger partial charge in [-0.05, 0) is 30.4 Å². The summed E-state index contributed by atoms with van der Waals surface area (Å²) in [7, 11) is 0. The van der Waals surface area contributed by atoms with Crippen molar-refractivity contribution in [2.75, 3.05) is 13.1 Å². The molecule has 1 aromatic rings. The average molecular weight is 346 g/mol. The van der Waals surface area contributed by atoms with E-state index in [0.29, 0.717) is 17.6 Å². The van der Waals surface area contributed by atoms with Gasteiger partial charge in [-0.1, -0.05) is 36.2 Å². The Hall–Kier alpha value is -0.970. The van der Waals surface area contributed by atoms with Crippen LogP contribution in [0.2, 0.25) is 0 Å². The highest BCUT2D eigenvalue weighted by molar-refractivity contribution is 9.10. The largest absolute Gasteiger partial charge is 0.338 e. The highest BCUT2D eigenvalue weighted by Gasteiger charge is 2.32. The first kappa shape index (κ1) is 15.4. The van der Waals surface area contributed by atoms with Crippen LogP contribution in [0.15, 0.2) is 16.6 Å². The lowest BCUT2D eigenvalue weighted by Crippen LogP contribution is -2.42. The fraction of sp³-hybridized carbons (Fsp3) is 0.533. The van der Waals surface area contributed by atoms with Crippen LogP contribution >= 0.6 is 15.9 Å². The van der Waals surface area contributed by atoms with E-state index >= 15 is 0 Å². The molecule has 1 amide bonds. The van der Waals surface area contributed by atoms with Crippen LogP contribution < -0.4 is 0 Å². The molecule has 0 spiro atoms. The number of hydrogen-bond donors (Lipinski definition) is 0. The molecule has 5 heteroatoms. The van der Waals surface area contributed by atoms with E-state index in [4.69, 9.17) is 0 Å². The van der Waals surface area contributed by atoms with Gasteiger partial charge in [0.15, 0.2) is 0 Å². The van der Waals surface area contributed by atoms with Crippen molar-refractivity contribution in [1.82, 2.24) is 4.90 Å². The number of hydrogen-bond acceptors (Lipinski definition) is 1. The molecule has 20 heavy (non-hydrogen) atoms. The second kappa shape index (κ2) is 5.80. The Labute approximate surface area is 126 Å². The Balaban J connectivity index is 2.18. The molecule has 0 aliphatic carbocycles. The van der Waals surface area contributed by atoms with Crippen LogP contribution in [0, 0.1) is 17.0 Å². The van der Waals surface area contributed by atoms with E-state index in [0.717, 1.165) is 31.4 Å². The minimum absolute atomic E-state index is 0.230. The summed E-state index contributed by atoms with van der Waals surface area (Å²) in [6.45, 7) is 5.43. The molecular formula is C15H18BrF2NO. The van der Waals surface area contributed by atoms with Gasteiger partial charge < -0.3 is 4.90 Å². The van der Waals surface area contributed by atoms with E-state index in [9.17, 15) is 13.6 Å². The second-order valence-corrected chi connectivity index (χ2v) is 6.62. The number of carbonyl (C=O) groups is 1. The predicted octanol–water partition coefficient (Wildman–Crippen LogP) is 4.38. The van der Waals surface area contributed by atoms with E-state index in [2.05, 4.69) is 29.8 Å². The van der Waals surface area contributed by atoms with Crippen molar-refractivity contribution in [1.29, 1.82) is 0 Å². The third-order valence-electron chi connectivity index (χ3n) is 4.33. The molecule has 0 N–H and O–H groups in total. The standard InChI is InChI=1S/C15H18BrF2NO/c1-3-15(2)4-6-19(7-5-15)14(20)13-11(17)8-10(16)9-12(13)18/h8-9H,3-7H2,1-2H3. The van der Waals surface area contributed by atoms with Crippen molar-refractivity contribution >= 4 is 21.8 Å². The summed E-state index contributed by atoms with van der Waals surface area (Å²) in [5.74, 6) is -2.18. The molecule has 110 valence electrons. The third-order valence-corrected chi connectivity index (χ3v) is 4.79. The number of benzene rings is 1. The molecule has 2 nitrogen and oxygen atoms in total. The monoisotopic (exact) mass is 345 g/mol. The topological polar surface area (TPSA) is 20.3 Å². The van der Waals surface area contributed by atoms with Crippen molar-refractivity contribution in [3.63, 3.8) is 0 Å². The Kier molecular flexibility index (Phi) is 4.47. The van der Waals surface area contributed by atoms with E-state index in [1.807, 2.05) is 0 Å². The smallest absolute Gasteiger partial charge is 0.259 e. The summed E-state index contributed by atoms with van der Waals surface area (Å²) in [5.41, 5.74) is -0.221. The third kappa shape index (κ3) is 3.03. The highest BCUT2D eigenvalue weighted by atomic mass is 79.9. The lowest BCUT2D eigenvalue weighted by molar-refractivity contribution is 0.0591. The van der Waals surface area contributed by atoms with Gasteiger partial charge in [0, 0.05) is 17.6 Å². The van der Waals surface area contributed by atoms with Gasteiger partial charge >= 0.3 is 0 Å². The summed E-state index contributed by atoms with van der Waals surface area (Å²) >= 11 is 3.01. The van der Waals surface area contributed by atoms with Crippen molar-refractivity contribution in [2.24, 2.45) is 5.41 Å². The summed E-state index contributed by atoms with van der Waals surface area (Å²) in [4.78, 5) is 13.8. The predicted molar refractivity (Wildman–Crippen MR) is 77.6 cm³/mol. The average Bonchev–Trinajstić information content (AvgIpc) is 2.38. The molecule has 1 saturated heterocycles. The molecule has 1 aliphatic heterocycles. The molecule has 2 rings (SSSR count). The fourth-order valence-electron chi connectivity index (χ4n) is 2.51. The van der Waals surface area contributed by atoms with Crippen molar-refractivity contribution in [2.45, 2.75) is 33.1 Å². The first-order valence-corrected chi connectivity index (χ1v) is 7.59. The molecule has 0 radical (unpaired) electrons. The van der Waals surface area contributed by atoms with E-state index in [1.165, 1.54) is 0 Å². The maximum Gasteiger partial charge on any atom is 0.259 e. The summed E-state index contributed by atoms with van der Waals surface area (Å²) in [6.07, 6.45) is 2.79.